The number of para-hydroxylation sites is 2. The molecule has 7 aromatic rings. The van der Waals surface area contributed by atoms with Crippen molar-refractivity contribution in [3.05, 3.63) is 187 Å². The molecule has 7 rings (SSSR count). The first-order chi connectivity index (χ1) is 30.4. The molecule has 2 N–H and O–H groups in total. The molecule has 0 unspecified atom stereocenters. The maximum absolute atomic E-state index is 15.4. The molecule has 0 saturated carbocycles. The minimum absolute atomic E-state index is 0.405. The molecule has 0 aromatic heterocycles. The average molecular weight is 875 g/mol. The van der Waals surface area contributed by atoms with Gasteiger partial charge in [-0.1, -0.05) is 60.7 Å². The molecule has 0 bridgehead atoms. The van der Waals surface area contributed by atoms with E-state index in [0.29, 0.717) is 67.3 Å². The van der Waals surface area contributed by atoms with Crippen LogP contribution in [0.1, 0.15) is 55.6 Å². The zero-order chi connectivity index (χ0) is 46.3. The third-order valence-corrected chi connectivity index (χ3v) is 11.2. The third-order valence-electron chi connectivity index (χ3n) is 11.2. The Morgan fingerprint density at radius 3 is 0.953 bits per heavy atom. The SMILES string of the molecule is Cc1cc(-c2ccccc2-c2cc(C)c(N=Cc3c(F)c(F)c(F)c(F)c3Nc3c(C)cccc3C)c(C)c2)cc(C)c1N=Cc1c(F)c(F)c(F)c(F)c1Nc1c(C)cccc1C. The van der Waals surface area contributed by atoms with E-state index < -0.39 is 69.0 Å². The summed E-state index contributed by atoms with van der Waals surface area (Å²) in [6, 6.07) is 25.6. The second kappa shape index (κ2) is 18.0. The molecule has 0 aliphatic rings. The lowest BCUT2D eigenvalue weighted by Gasteiger charge is -2.17. The predicted octanol–water partition coefficient (Wildman–Crippen LogP) is 15.6. The normalized spacial score (nSPS) is 11.6. The summed E-state index contributed by atoms with van der Waals surface area (Å²) in [5.74, 6) is -14.2. The minimum Gasteiger partial charge on any atom is -0.352 e. The van der Waals surface area contributed by atoms with Crippen LogP contribution in [0, 0.1) is 102 Å². The maximum Gasteiger partial charge on any atom is 0.199 e. The number of nitrogens with zero attached hydrogens (tertiary/aromatic N) is 2. The summed E-state index contributed by atoms with van der Waals surface area (Å²) in [6.45, 7) is 14.1. The van der Waals surface area contributed by atoms with Gasteiger partial charge in [0.2, 0.25) is 0 Å². The molecule has 0 fully saturated rings. The van der Waals surface area contributed by atoms with E-state index in [0.717, 1.165) is 34.7 Å². The fourth-order valence-corrected chi connectivity index (χ4v) is 7.93. The molecule has 0 radical (unpaired) electrons. The van der Waals surface area contributed by atoms with Crippen LogP contribution in [0.2, 0.25) is 0 Å². The van der Waals surface area contributed by atoms with Gasteiger partial charge in [-0.25, -0.2) is 35.1 Å². The summed E-state index contributed by atoms with van der Waals surface area (Å²) in [7, 11) is 0. The number of nitrogens with one attached hydrogen (secondary N) is 2. The van der Waals surface area contributed by atoms with Gasteiger partial charge in [0.05, 0.1) is 33.9 Å². The lowest BCUT2D eigenvalue weighted by molar-refractivity contribution is 0.410. The Morgan fingerprint density at radius 1 is 0.344 bits per heavy atom. The number of halogens is 8. The fraction of sp³-hybridized carbons (Fsp3) is 0.154. The third kappa shape index (κ3) is 8.39. The molecule has 0 saturated heterocycles. The van der Waals surface area contributed by atoms with Crippen molar-refractivity contribution in [2.24, 2.45) is 9.98 Å². The maximum atomic E-state index is 15.4. The largest absolute Gasteiger partial charge is 0.352 e. The summed E-state index contributed by atoms with van der Waals surface area (Å²) in [5.41, 5.74) is 7.81. The summed E-state index contributed by atoms with van der Waals surface area (Å²) in [4.78, 5) is 8.95. The number of benzene rings is 7. The van der Waals surface area contributed by atoms with Crippen molar-refractivity contribution in [2.45, 2.75) is 55.4 Å². The molecule has 0 aliphatic heterocycles. The smallest absolute Gasteiger partial charge is 0.199 e. The molecule has 0 spiro atoms. The van der Waals surface area contributed by atoms with Crippen LogP contribution in [-0.2, 0) is 0 Å². The van der Waals surface area contributed by atoms with Crippen LogP contribution < -0.4 is 10.6 Å². The van der Waals surface area contributed by atoms with Crippen LogP contribution in [0.3, 0.4) is 0 Å². The molecule has 326 valence electrons. The molecular weight excluding hydrogens is 833 g/mol. The molecular formula is C52H42F8N4. The standard InChI is InChI=1S/C52H42F8N4/c1-25-13-11-14-26(2)49(25)63-51-37(39(53)41(55)43(57)45(51)59)23-61-47-29(5)19-33(20-30(47)6)35-17-9-10-18-36(35)34-21-31(7)48(32(8)22-34)62-24-38-40(54)42(56)44(58)46(60)52(38)64-50-27(3)15-12-16-28(50)4/h9-24,63-64H,1-8H3. The van der Waals surface area contributed by atoms with Crippen LogP contribution in [0.15, 0.2) is 94.9 Å². The molecule has 12 heteroatoms. The van der Waals surface area contributed by atoms with Gasteiger partial charge in [-0.3, -0.25) is 9.98 Å². The highest BCUT2D eigenvalue weighted by Crippen LogP contribution is 2.40. The first-order valence-corrected chi connectivity index (χ1v) is 20.2. The van der Waals surface area contributed by atoms with E-state index in [1.54, 1.807) is 91.8 Å². The summed E-state index contributed by atoms with van der Waals surface area (Å²) >= 11 is 0. The highest BCUT2D eigenvalue weighted by atomic mass is 19.2. The minimum atomic E-state index is -1.96. The van der Waals surface area contributed by atoms with Crippen LogP contribution in [0.4, 0.5) is 69.2 Å². The Hall–Kier alpha value is -7.08. The van der Waals surface area contributed by atoms with Gasteiger partial charge in [0.1, 0.15) is 0 Å². The van der Waals surface area contributed by atoms with Crippen LogP contribution in [0.25, 0.3) is 22.3 Å². The number of aryl methyl sites for hydroxylation is 8. The Balaban J connectivity index is 1.23. The molecule has 0 amide bonds. The predicted molar refractivity (Wildman–Crippen MR) is 242 cm³/mol. The van der Waals surface area contributed by atoms with E-state index in [9.17, 15) is 17.6 Å². The van der Waals surface area contributed by atoms with E-state index in [4.69, 9.17) is 0 Å². The Labute approximate surface area is 366 Å². The molecule has 4 nitrogen and oxygen atoms in total. The van der Waals surface area contributed by atoms with Crippen LogP contribution in [-0.4, -0.2) is 12.4 Å². The number of hydrogen-bond donors (Lipinski definition) is 2. The van der Waals surface area contributed by atoms with Gasteiger partial charge in [-0.05, 0) is 146 Å². The molecule has 64 heavy (non-hydrogen) atoms. The number of hydrogen-bond acceptors (Lipinski definition) is 4. The highest BCUT2D eigenvalue weighted by Gasteiger charge is 2.27. The van der Waals surface area contributed by atoms with Crippen molar-refractivity contribution in [1.29, 1.82) is 0 Å². The molecule has 0 aliphatic carbocycles. The van der Waals surface area contributed by atoms with Crippen LogP contribution >= 0.6 is 0 Å². The van der Waals surface area contributed by atoms with Gasteiger partial charge in [-0.15, -0.1) is 0 Å². The number of rotatable bonds is 10. The van der Waals surface area contributed by atoms with Crippen LogP contribution in [0.5, 0.6) is 0 Å². The van der Waals surface area contributed by atoms with Gasteiger partial charge < -0.3 is 10.6 Å². The zero-order valence-corrected chi connectivity index (χ0v) is 36.2. The van der Waals surface area contributed by atoms with Gasteiger partial charge in [0.15, 0.2) is 46.5 Å². The van der Waals surface area contributed by atoms with E-state index in [-0.39, 0.29) is 0 Å². The quantitative estimate of drug-likeness (QED) is 0.0622. The van der Waals surface area contributed by atoms with Crippen molar-refractivity contribution >= 4 is 46.6 Å². The topological polar surface area (TPSA) is 48.8 Å². The van der Waals surface area contributed by atoms with Gasteiger partial charge in [-0.2, -0.15) is 0 Å². The first kappa shape index (κ1) is 45.0. The highest BCUT2D eigenvalue weighted by molar-refractivity contribution is 5.94. The van der Waals surface area contributed by atoms with Crippen molar-refractivity contribution in [3.63, 3.8) is 0 Å². The van der Waals surface area contributed by atoms with Crippen molar-refractivity contribution in [2.75, 3.05) is 10.6 Å². The first-order valence-electron chi connectivity index (χ1n) is 20.2. The number of anilines is 4. The number of aliphatic imine (C=N–C) groups is 2. The fourth-order valence-electron chi connectivity index (χ4n) is 7.93. The average Bonchev–Trinajstić information content (AvgIpc) is 3.26. The second-order valence-corrected chi connectivity index (χ2v) is 15.9. The van der Waals surface area contributed by atoms with Gasteiger partial charge in [0, 0.05) is 23.8 Å². The zero-order valence-electron chi connectivity index (χ0n) is 36.2. The monoisotopic (exact) mass is 874 g/mol. The van der Waals surface area contributed by atoms with Crippen molar-refractivity contribution < 1.29 is 35.1 Å². The van der Waals surface area contributed by atoms with Crippen molar-refractivity contribution in [1.82, 2.24) is 0 Å². The molecule has 0 atom stereocenters. The molecule has 7 aromatic carbocycles. The Kier molecular flexibility index (Phi) is 12.6. The van der Waals surface area contributed by atoms with Gasteiger partial charge in [0.25, 0.3) is 0 Å². The lowest BCUT2D eigenvalue weighted by atomic mass is 9.90. The molecule has 0 heterocycles. The van der Waals surface area contributed by atoms with Gasteiger partial charge >= 0.3 is 0 Å². The van der Waals surface area contributed by atoms with E-state index in [1.807, 2.05) is 48.5 Å². The second-order valence-electron chi connectivity index (χ2n) is 15.9. The van der Waals surface area contributed by atoms with E-state index >= 15 is 17.6 Å². The summed E-state index contributed by atoms with van der Waals surface area (Å²) < 4.78 is 120. The summed E-state index contributed by atoms with van der Waals surface area (Å²) in [5, 5.41) is 5.55. The Bertz CT molecular complexity index is 2790. The summed E-state index contributed by atoms with van der Waals surface area (Å²) in [6.07, 6.45) is 1.96. The lowest BCUT2D eigenvalue weighted by Crippen LogP contribution is -2.09. The van der Waals surface area contributed by atoms with E-state index in [1.165, 1.54) is 0 Å². The Morgan fingerprint density at radius 2 is 0.641 bits per heavy atom. The van der Waals surface area contributed by atoms with Crippen molar-refractivity contribution in [3.8, 4) is 22.3 Å². The van der Waals surface area contributed by atoms with E-state index in [2.05, 4.69) is 20.6 Å².